The van der Waals surface area contributed by atoms with Crippen LogP contribution >= 0.6 is 11.6 Å². The molecule has 1 aliphatic rings. The van der Waals surface area contributed by atoms with Crippen molar-refractivity contribution in [2.24, 2.45) is 5.92 Å². The van der Waals surface area contributed by atoms with E-state index in [4.69, 9.17) is 11.6 Å². The molecule has 2 unspecified atom stereocenters. The highest BCUT2D eigenvalue weighted by atomic mass is 35.5. The Morgan fingerprint density at radius 2 is 2.20 bits per heavy atom. The molecule has 0 aliphatic heterocycles. The fourth-order valence-corrected chi connectivity index (χ4v) is 2.41. The average molecular weight is 229 g/mol. The van der Waals surface area contributed by atoms with E-state index in [0.717, 1.165) is 19.3 Å². The van der Waals surface area contributed by atoms with Gasteiger partial charge in [-0.2, -0.15) is 0 Å². The van der Waals surface area contributed by atoms with Crippen molar-refractivity contribution in [1.29, 1.82) is 0 Å². The predicted molar refractivity (Wildman–Crippen MR) is 58.4 cm³/mol. The fourth-order valence-electron chi connectivity index (χ4n) is 2.23. The summed E-state index contributed by atoms with van der Waals surface area (Å²) in [5.41, 5.74) is -0.700. The minimum Gasteiger partial charge on any atom is -0.298 e. The Morgan fingerprint density at radius 3 is 2.73 bits per heavy atom. The van der Waals surface area contributed by atoms with Gasteiger partial charge in [0, 0.05) is 12.1 Å². The lowest BCUT2D eigenvalue weighted by molar-refractivity contribution is 0.461. The van der Waals surface area contributed by atoms with E-state index >= 15 is 0 Å². The Hall–Kier alpha value is -1.03. The third-order valence-electron chi connectivity index (χ3n) is 2.97. The van der Waals surface area contributed by atoms with Gasteiger partial charge in [-0.15, -0.1) is 0 Å². The molecule has 82 valence electrons. The fraction of sp³-hybridized carbons (Fsp3) is 0.600. The van der Waals surface area contributed by atoms with E-state index in [-0.39, 0.29) is 16.8 Å². The first kappa shape index (κ1) is 10.5. The van der Waals surface area contributed by atoms with Crippen molar-refractivity contribution >= 4 is 11.6 Å². The van der Waals surface area contributed by atoms with Crippen LogP contribution in [0.5, 0.6) is 0 Å². The summed E-state index contributed by atoms with van der Waals surface area (Å²) in [6.07, 6.45) is 2.86. The van der Waals surface area contributed by atoms with Crippen LogP contribution in [0.15, 0.2) is 15.7 Å². The highest BCUT2D eigenvalue weighted by Gasteiger charge is 2.25. The molecule has 1 saturated carbocycles. The zero-order valence-electron chi connectivity index (χ0n) is 8.50. The number of nitrogens with one attached hydrogen (secondary N) is 1. The van der Waals surface area contributed by atoms with E-state index in [9.17, 15) is 9.59 Å². The van der Waals surface area contributed by atoms with E-state index in [1.807, 2.05) is 0 Å². The van der Waals surface area contributed by atoms with Crippen molar-refractivity contribution in [1.82, 2.24) is 9.55 Å². The number of hydrogen-bond acceptors (Lipinski definition) is 2. The van der Waals surface area contributed by atoms with Crippen LogP contribution in [-0.2, 0) is 0 Å². The number of aromatic nitrogens is 2. The first-order valence-corrected chi connectivity index (χ1v) is 5.47. The molecule has 0 bridgehead atoms. The van der Waals surface area contributed by atoms with Crippen LogP contribution in [0, 0.1) is 5.92 Å². The minimum absolute atomic E-state index is 0.0357. The summed E-state index contributed by atoms with van der Waals surface area (Å²) in [6, 6.07) is 1.29. The first-order valence-electron chi connectivity index (χ1n) is 5.09. The Morgan fingerprint density at radius 1 is 1.47 bits per heavy atom. The molecule has 15 heavy (non-hydrogen) atoms. The van der Waals surface area contributed by atoms with Gasteiger partial charge >= 0.3 is 5.69 Å². The largest absolute Gasteiger partial charge is 0.329 e. The van der Waals surface area contributed by atoms with Crippen molar-refractivity contribution in [2.75, 3.05) is 0 Å². The molecule has 0 radical (unpaired) electrons. The van der Waals surface area contributed by atoms with Gasteiger partial charge in [0.1, 0.15) is 5.15 Å². The number of hydrogen-bond donors (Lipinski definition) is 1. The molecular weight excluding hydrogens is 216 g/mol. The SMILES string of the molecule is CC1CCC(n2c(=O)cc(Cl)[nH]c2=O)C1. The lowest BCUT2D eigenvalue weighted by Gasteiger charge is -2.11. The van der Waals surface area contributed by atoms with E-state index in [1.54, 1.807) is 0 Å². The molecule has 1 aromatic heterocycles. The Bertz CT molecular complexity index is 446. The van der Waals surface area contributed by atoms with Gasteiger partial charge in [0.05, 0.1) is 0 Å². The smallest absolute Gasteiger partial charge is 0.298 e. The van der Waals surface area contributed by atoms with Crippen molar-refractivity contribution in [3.63, 3.8) is 0 Å². The molecule has 2 rings (SSSR count). The molecule has 5 heteroatoms. The summed E-state index contributed by atoms with van der Waals surface area (Å²) >= 11 is 5.59. The summed E-state index contributed by atoms with van der Waals surface area (Å²) in [5, 5.41) is 0.104. The monoisotopic (exact) mass is 228 g/mol. The summed E-state index contributed by atoms with van der Waals surface area (Å²) in [7, 11) is 0. The number of halogens is 1. The molecule has 1 N–H and O–H groups in total. The Balaban J connectivity index is 2.45. The molecule has 0 amide bonds. The normalized spacial score (nSPS) is 25.7. The molecule has 1 aromatic rings. The molecule has 0 spiro atoms. The van der Waals surface area contributed by atoms with Crippen LogP contribution < -0.4 is 11.2 Å². The zero-order valence-corrected chi connectivity index (χ0v) is 9.25. The van der Waals surface area contributed by atoms with Crippen LogP contribution in [0.2, 0.25) is 5.15 Å². The van der Waals surface area contributed by atoms with Gasteiger partial charge in [0.15, 0.2) is 0 Å². The van der Waals surface area contributed by atoms with Gasteiger partial charge in [-0.1, -0.05) is 18.5 Å². The van der Waals surface area contributed by atoms with Crippen LogP contribution in [0.3, 0.4) is 0 Å². The maximum Gasteiger partial charge on any atom is 0.329 e. The highest BCUT2D eigenvalue weighted by molar-refractivity contribution is 6.29. The van der Waals surface area contributed by atoms with E-state index in [2.05, 4.69) is 11.9 Å². The highest BCUT2D eigenvalue weighted by Crippen LogP contribution is 2.32. The molecular formula is C10H13ClN2O2. The molecule has 1 fully saturated rings. The standard InChI is InChI=1S/C10H13ClN2O2/c1-6-2-3-7(4-6)13-9(14)5-8(11)12-10(13)15/h5-7H,2-4H2,1H3,(H,12,15). The van der Waals surface area contributed by atoms with E-state index < -0.39 is 5.69 Å². The minimum atomic E-state index is -0.397. The van der Waals surface area contributed by atoms with Crippen molar-refractivity contribution < 1.29 is 0 Å². The lowest BCUT2D eigenvalue weighted by atomic mass is 10.1. The molecule has 0 aromatic carbocycles. The second-order valence-corrected chi connectivity index (χ2v) is 4.61. The number of nitrogens with zero attached hydrogens (tertiary/aromatic N) is 1. The second-order valence-electron chi connectivity index (χ2n) is 4.20. The predicted octanol–water partition coefficient (Wildman–Crippen LogP) is 1.55. The van der Waals surface area contributed by atoms with Crippen molar-refractivity contribution in [2.45, 2.75) is 32.2 Å². The summed E-state index contributed by atoms with van der Waals surface area (Å²) in [6.45, 7) is 2.13. The number of rotatable bonds is 1. The van der Waals surface area contributed by atoms with E-state index in [0.29, 0.717) is 5.92 Å². The van der Waals surface area contributed by atoms with Gasteiger partial charge in [0.2, 0.25) is 0 Å². The zero-order chi connectivity index (χ0) is 11.0. The van der Waals surface area contributed by atoms with Gasteiger partial charge in [0.25, 0.3) is 5.56 Å². The summed E-state index contributed by atoms with van der Waals surface area (Å²) in [4.78, 5) is 25.6. The topological polar surface area (TPSA) is 54.9 Å². The van der Waals surface area contributed by atoms with Gasteiger partial charge in [-0.05, 0) is 25.2 Å². The van der Waals surface area contributed by atoms with Crippen molar-refractivity contribution in [3.8, 4) is 0 Å². The van der Waals surface area contributed by atoms with Gasteiger partial charge in [-0.3, -0.25) is 14.3 Å². The third-order valence-corrected chi connectivity index (χ3v) is 3.17. The van der Waals surface area contributed by atoms with Crippen LogP contribution in [0.25, 0.3) is 0 Å². The Kier molecular flexibility index (Phi) is 2.69. The molecule has 2 atom stereocenters. The quantitative estimate of drug-likeness (QED) is 0.742. The third kappa shape index (κ3) is 2.00. The van der Waals surface area contributed by atoms with Crippen molar-refractivity contribution in [3.05, 3.63) is 32.1 Å². The van der Waals surface area contributed by atoms with Crippen LogP contribution in [0.4, 0.5) is 0 Å². The van der Waals surface area contributed by atoms with Gasteiger partial charge < -0.3 is 0 Å². The number of aromatic amines is 1. The molecule has 1 heterocycles. The maximum atomic E-state index is 11.6. The van der Waals surface area contributed by atoms with Gasteiger partial charge in [-0.25, -0.2) is 4.79 Å². The van der Waals surface area contributed by atoms with Crippen LogP contribution in [-0.4, -0.2) is 9.55 Å². The summed E-state index contributed by atoms with van der Waals surface area (Å²) < 4.78 is 1.29. The first-order chi connectivity index (χ1) is 7.08. The molecule has 1 aliphatic carbocycles. The van der Waals surface area contributed by atoms with E-state index in [1.165, 1.54) is 10.6 Å². The lowest BCUT2D eigenvalue weighted by Crippen LogP contribution is -2.36. The maximum absolute atomic E-state index is 11.6. The average Bonchev–Trinajstić information content (AvgIpc) is 2.49. The molecule has 0 saturated heterocycles. The van der Waals surface area contributed by atoms with Crippen LogP contribution in [0.1, 0.15) is 32.2 Å². The second kappa shape index (κ2) is 3.85. The molecule has 4 nitrogen and oxygen atoms in total. The Labute approximate surface area is 91.9 Å². The number of H-pyrrole nitrogens is 1. The summed E-state index contributed by atoms with van der Waals surface area (Å²) in [5.74, 6) is 0.581.